The van der Waals surface area contributed by atoms with E-state index in [4.69, 9.17) is 9.97 Å². The van der Waals surface area contributed by atoms with Crippen LogP contribution in [0.5, 0.6) is 0 Å². The van der Waals surface area contributed by atoms with Crippen LogP contribution in [0.4, 0.5) is 0 Å². The Balaban J connectivity index is 1.01. The van der Waals surface area contributed by atoms with Crippen molar-refractivity contribution in [2.75, 3.05) is 0 Å². The molecule has 0 radical (unpaired) electrons. The molecular formula is C55H30N6S. The van der Waals surface area contributed by atoms with Gasteiger partial charge in [0.25, 0.3) is 0 Å². The molecule has 2 aliphatic rings. The topological polar surface area (TPSA) is 83.2 Å². The first kappa shape index (κ1) is 34.6. The van der Waals surface area contributed by atoms with Gasteiger partial charge in [0.05, 0.1) is 62.1 Å². The summed E-state index contributed by atoms with van der Waals surface area (Å²) in [6, 6.07) is 64.5. The van der Waals surface area contributed by atoms with Crippen molar-refractivity contribution in [3.05, 3.63) is 216 Å². The first-order chi connectivity index (χ1) is 30.6. The fourth-order valence-corrected chi connectivity index (χ4v) is 11.6. The maximum absolute atomic E-state index is 10.1. The number of benzene rings is 7. The average molecular weight is 807 g/mol. The number of hydrogen-bond donors (Lipinski definition) is 0. The Bertz CT molecular complexity index is 3790. The SMILES string of the molecule is N#Cc1ccc2c(c1)c1ccccc1n2-c1cccc(-n2c3ccc(C#N)cc3c3cc(-c4ccc5c(c4)C4(c6ccccc6S5)c5cccnc5-c5ncccc54)ccc32)c1. The van der Waals surface area contributed by atoms with E-state index in [1.807, 2.05) is 72.7 Å². The first-order valence-electron chi connectivity index (χ1n) is 20.5. The molecular weight excluding hydrogens is 777 g/mol. The Morgan fingerprint density at radius 1 is 0.419 bits per heavy atom. The van der Waals surface area contributed by atoms with Gasteiger partial charge in [-0.15, -0.1) is 0 Å². The molecule has 1 aliphatic carbocycles. The number of hydrogen-bond acceptors (Lipinski definition) is 5. The number of rotatable bonds is 3. The van der Waals surface area contributed by atoms with E-state index in [-0.39, 0.29) is 0 Å². The summed E-state index contributed by atoms with van der Waals surface area (Å²) in [4.78, 5) is 12.3. The summed E-state index contributed by atoms with van der Waals surface area (Å²) in [5.41, 5.74) is 15.7. The van der Waals surface area contributed by atoms with Crippen LogP contribution in [-0.4, -0.2) is 19.1 Å². The molecule has 7 aromatic carbocycles. The summed E-state index contributed by atoms with van der Waals surface area (Å²) < 4.78 is 4.59. The molecule has 0 unspecified atom stereocenters. The van der Waals surface area contributed by atoms with Crippen LogP contribution < -0.4 is 0 Å². The Morgan fingerprint density at radius 3 is 1.65 bits per heavy atom. The smallest absolute Gasteiger partial charge is 0.0991 e. The monoisotopic (exact) mass is 806 g/mol. The highest BCUT2D eigenvalue weighted by atomic mass is 32.2. The predicted molar refractivity (Wildman–Crippen MR) is 247 cm³/mol. The van der Waals surface area contributed by atoms with E-state index in [0.29, 0.717) is 11.1 Å². The molecule has 0 fully saturated rings. The van der Waals surface area contributed by atoms with E-state index in [1.165, 1.54) is 20.9 Å². The van der Waals surface area contributed by atoms with Gasteiger partial charge in [-0.2, -0.15) is 10.5 Å². The van der Waals surface area contributed by atoms with Crippen LogP contribution in [0.25, 0.3) is 77.5 Å². The molecule has 0 N–H and O–H groups in total. The molecule has 0 saturated heterocycles. The van der Waals surface area contributed by atoms with Gasteiger partial charge in [0, 0.05) is 55.1 Å². The number of pyridine rings is 2. The Morgan fingerprint density at radius 2 is 0.952 bits per heavy atom. The van der Waals surface area contributed by atoms with Crippen molar-refractivity contribution in [1.82, 2.24) is 19.1 Å². The Labute approximate surface area is 360 Å². The van der Waals surface area contributed by atoms with Crippen LogP contribution in [0.3, 0.4) is 0 Å². The van der Waals surface area contributed by atoms with Gasteiger partial charge < -0.3 is 9.13 Å². The minimum atomic E-state index is -0.582. The van der Waals surface area contributed by atoms with Gasteiger partial charge in [-0.25, -0.2) is 0 Å². The maximum atomic E-state index is 10.1. The van der Waals surface area contributed by atoms with Crippen LogP contribution in [0, 0.1) is 22.7 Å². The lowest BCUT2D eigenvalue weighted by atomic mass is 9.67. The van der Waals surface area contributed by atoms with Crippen molar-refractivity contribution >= 4 is 55.4 Å². The number of nitrogens with zero attached hydrogens (tertiary/aromatic N) is 6. The van der Waals surface area contributed by atoms with Crippen molar-refractivity contribution in [3.8, 4) is 46.0 Å². The van der Waals surface area contributed by atoms with E-state index in [1.54, 1.807) is 0 Å². The summed E-state index contributed by atoms with van der Waals surface area (Å²) in [6.45, 7) is 0. The minimum absolute atomic E-state index is 0.582. The van der Waals surface area contributed by atoms with E-state index < -0.39 is 5.41 Å². The first-order valence-corrected chi connectivity index (χ1v) is 21.3. The Hall–Kier alpha value is -8.23. The highest BCUT2D eigenvalue weighted by molar-refractivity contribution is 7.99. The molecule has 0 amide bonds. The van der Waals surface area contributed by atoms with Crippen LogP contribution in [0.1, 0.15) is 33.4 Å². The normalized spacial score (nSPS) is 13.2. The van der Waals surface area contributed by atoms with Crippen molar-refractivity contribution < 1.29 is 0 Å². The van der Waals surface area contributed by atoms with Crippen molar-refractivity contribution in [2.24, 2.45) is 0 Å². The highest BCUT2D eigenvalue weighted by Crippen LogP contribution is 2.61. The molecule has 1 aliphatic heterocycles. The average Bonchev–Trinajstić information content (AvgIpc) is 3.95. The number of nitriles is 2. The number of fused-ring (bicyclic) bond motifs is 15. The zero-order chi connectivity index (χ0) is 41.1. The third-order valence-corrected chi connectivity index (χ3v) is 14.1. The van der Waals surface area contributed by atoms with Gasteiger partial charge in [0.15, 0.2) is 0 Å². The molecule has 0 saturated carbocycles. The van der Waals surface area contributed by atoms with Crippen LogP contribution in [0.2, 0.25) is 0 Å². The van der Waals surface area contributed by atoms with Crippen molar-refractivity contribution in [2.45, 2.75) is 15.2 Å². The molecule has 4 aromatic heterocycles. The number of aromatic nitrogens is 4. The van der Waals surface area contributed by atoms with Crippen LogP contribution in [-0.2, 0) is 5.41 Å². The summed E-state index contributed by atoms with van der Waals surface area (Å²) >= 11 is 1.82. The lowest BCUT2D eigenvalue weighted by Gasteiger charge is -2.39. The minimum Gasteiger partial charge on any atom is -0.309 e. The summed E-state index contributed by atoms with van der Waals surface area (Å²) in [5.74, 6) is 0. The van der Waals surface area contributed by atoms with Gasteiger partial charge in [-0.05, 0) is 137 Å². The van der Waals surface area contributed by atoms with Crippen molar-refractivity contribution in [1.29, 1.82) is 10.5 Å². The second kappa shape index (κ2) is 12.9. The predicted octanol–water partition coefficient (Wildman–Crippen LogP) is 12.9. The maximum Gasteiger partial charge on any atom is 0.0991 e. The third-order valence-electron chi connectivity index (χ3n) is 12.9. The molecule has 6 nitrogen and oxygen atoms in total. The summed E-state index contributed by atoms with van der Waals surface area (Å²) in [5, 5.41) is 24.1. The molecule has 0 atom stereocenters. The van der Waals surface area contributed by atoms with Gasteiger partial charge >= 0.3 is 0 Å². The van der Waals surface area contributed by atoms with E-state index in [2.05, 4.69) is 143 Å². The fourth-order valence-electron chi connectivity index (χ4n) is 10.4. The molecule has 0 bridgehead atoms. The lowest BCUT2D eigenvalue weighted by molar-refractivity contribution is 0.720. The summed E-state index contributed by atoms with van der Waals surface area (Å²) in [7, 11) is 0. The van der Waals surface area contributed by atoms with Gasteiger partial charge in [0.1, 0.15) is 0 Å². The quantitative estimate of drug-likeness (QED) is 0.178. The van der Waals surface area contributed by atoms with Gasteiger partial charge in [-0.3, -0.25) is 9.97 Å². The van der Waals surface area contributed by atoms with Crippen molar-refractivity contribution in [3.63, 3.8) is 0 Å². The third kappa shape index (κ3) is 4.63. The van der Waals surface area contributed by atoms with E-state index in [9.17, 15) is 10.5 Å². The molecule has 7 heteroatoms. The largest absolute Gasteiger partial charge is 0.309 e. The van der Waals surface area contributed by atoms with Crippen LogP contribution >= 0.6 is 11.8 Å². The van der Waals surface area contributed by atoms with Crippen LogP contribution in [0.15, 0.2) is 192 Å². The summed E-state index contributed by atoms with van der Waals surface area (Å²) in [6.07, 6.45) is 3.74. The standard InChI is InChI=1S/C55H30N6S/c56-31-33-16-20-48-40(26-33)39-10-1-3-14-47(39)60(48)37-8-5-9-38(30-37)61-49-21-17-34(32-57)27-41(49)42-28-35(18-22-50(42)61)36-19-23-52-46(29-36)55(43-11-2-4-15-51(43)62-52)44-12-6-24-58-53(44)54-45(55)13-7-25-59-54/h1-30H. The molecule has 13 rings (SSSR count). The van der Waals surface area contributed by atoms with Gasteiger partial charge in [-0.1, -0.05) is 78.5 Å². The highest BCUT2D eigenvalue weighted by Gasteiger charge is 2.51. The molecule has 286 valence electrons. The second-order valence-corrected chi connectivity index (χ2v) is 17.1. The molecule has 5 heterocycles. The Kier molecular flexibility index (Phi) is 7.19. The van der Waals surface area contributed by atoms with E-state index >= 15 is 0 Å². The lowest BCUT2D eigenvalue weighted by Crippen LogP contribution is -2.32. The molecule has 1 spiro atoms. The molecule has 62 heavy (non-hydrogen) atoms. The fraction of sp³-hybridized carbons (Fsp3) is 0.0182. The zero-order valence-electron chi connectivity index (χ0n) is 32.9. The van der Waals surface area contributed by atoms with Gasteiger partial charge in [0.2, 0.25) is 0 Å². The number of para-hydroxylation sites is 1. The zero-order valence-corrected chi connectivity index (χ0v) is 33.7. The second-order valence-electron chi connectivity index (χ2n) is 16.0. The van der Waals surface area contributed by atoms with E-state index in [0.717, 1.165) is 88.6 Å². The molecule has 11 aromatic rings.